The van der Waals surface area contributed by atoms with Gasteiger partial charge >= 0.3 is 0 Å². The fourth-order valence-corrected chi connectivity index (χ4v) is 2.11. The number of rotatable bonds is 4. The number of aromatic nitrogens is 1. The van der Waals surface area contributed by atoms with Gasteiger partial charge in [0.2, 0.25) is 0 Å². The fraction of sp³-hybridized carbons (Fsp3) is 0.0556. The zero-order valence-electron chi connectivity index (χ0n) is 11.6. The van der Waals surface area contributed by atoms with Gasteiger partial charge in [-0.1, -0.05) is 42.5 Å². The van der Waals surface area contributed by atoms with Crippen molar-refractivity contribution in [3.8, 4) is 22.6 Å². The van der Waals surface area contributed by atoms with E-state index in [0.29, 0.717) is 12.3 Å². The Kier molecular flexibility index (Phi) is 3.94. The van der Waals surface area contributed by atoms with Gasteiger partial charge in [-0.3, -0.25) is 4.98 Å². The Bertz CT molecular complexity index is 709. The van der Waals surface area contributed by atoms with Gasteiger partial charge in [-0.05, 0) is 34.9 Å². The number of benzene rings is 2. The molecule has 2 aromatic carbocycles. The van der Waals surface area contributed by atoms with Gasteiger partial charge in [-0.15, -0.1) is 0 Å². The highest BCUT2D eigenvalue weighted by Crippen LogP contribution is 2.25. The SMILES string of the molecule is NCc1cncc(Oc2ccc(-c3ccccc3)cc2)c1. The second-order valence-corrected chi connectivity index (χ2v) is 4.73. The molecule has 3 rings (SSSR count). The van der Waals surface area contributed by atoms with E-state index >= 15 is 0 Å². The van der Waals surface area contributed by atoms with Crippen LogP contribution in [-0.4, -0.2) is 4.98 Å². The molecule has 0 radical (unpaired) electrons. The topological polar surface area (TPSA) is 48.1 Å². The normalized spacial score (nSPS) is 10.3. The van der Waals surface area contributed by atoms with E-state index < -0.39 is 0 Å². The molecule has 0 saturated carbocycles. The van der Waals surface area contributed by atoms with Crippen LogP contribution in [0.25, 0.3) is 11.1 Å². The van der Waals surface area contributed by atoms with E-state index in [1.54, 1.807) is 12.4 Å². The monoisotopic (exact) mass is 276 g/mol. The Morgan fingerprint density at radius 3 is 2.24 bits per heavy atom. The number of nitrogens with zero attached hydrogens (tertiary/aromatic N) is 1. The van der Waals surface area contributed by atoms with Crippen molar-refractivity contribution in [1.29, 1.82) is 0 Å². The molecule has 0 bridgehead atoms. The first-order valence-electron chi connectivity index (χ1n) is 6.82. The number of nitrogens with two attached hydrogens (primary N) is 1. The van der Waals surface area contributed by atoms with Crippen molar-refractivity contribution in [3.05, 3.63) is 78.6 Å². The van der Waals surface area contributed by atoms with Crippen LogP contribution in [0.4, 0.5) is 0 Å². The van der Waals surface area contributed by atoms with Crippen molar-refractivity contribution < 1.29 is 4.74 Å². The third kappa shape index (κ3) is 3.27. The van der Waals surface area contributed by atoms with Gasteiger partial charge in [0.1, 0.15) is 11.5 Å². The van der Waals surface area contributed by atoms with Crippen molar-refractivity contribution >= 4 is 0 Å². The zero-order valence-corrected chi connectivity index (χ0v) is 11.6. The lowest BCUT2D eigenvalue weighted by Gasteiger charge is -2.07. The van der Waals surface area contributed by atoms with Gasteiger partial charge in [0.15, 0.2) is 0 Å². The first-order valence-corrected chi connectivity index (χ1v) is 6.82. The van der Waals surface area contributed by atoms with Crippen LogP contribution in [0.3, 0.4) is 0 Å². The average Bonchev–Trinajstić information content (AvgIpc) is 2.56. The molecular weight excluding hydrogens is 260 g/mol. The van der Waals surface area contributed by atoms with E-state index in [2.05, 4.69) is 17.1 Å². The maximum absolute atomic E-state index is 5.79. The molecule has 3 nitrogen and oxygen atoms in total. The average molecular weight is 276 g/mol. The fourth-order valence-electron chi connectivity index (χ4n) is 2.11. The molecule has 0 amide bonds. The van der Waals surface area contributed by atoms with Gasteiger partial charge in [0.25, 0.3) is 0 Å². The molecule has 3 aromatic rings. The minimum atomic E-state index is 0.456. The molecular formula is C18H16N2O. The lowest BCUT2D eigenvalue weighted by molar-refractivity contribution is 0.479. The molecule has 0 saturated heterocycles. The molecule has 0 aliphatic carbocycles. The van der Waals surface area contributed by atoms with Gasteiger partial charge in [-0.2, -0.15) is 0 Å². The second-order valence-electron chi connectivity index (χ2n) is 4.73. The molecule has 2 N–H and O–H groups in total. The molecule has 0 aliphatic rings. The third-order valence-corrected chi connectivity index (χ3v) is 3.20. The maximum atomic E-state index is 5.79. The summed E-state index contributed by atoms with van der Waals surface area (Å²) < 4.78 is 5.79. The number of hydrogen-bond acceptors (Lipinski definition) is 3. The lowest BCUT2D eigenvalue weighted by atomic mass is 10.1. The summed E-state index contributed by atoms with van der Waals surface area (Å²) in [4.78, 5) is 4.11. The van der Waals surface area contributed by atoms with E-state index in [1.807, 2.05) is 48.5 Å². The van der Waals surface area contributed by atoms with Crippen LogP contribution >= 0.6 is 0 Å². The summed E-state index contributed by atoms with van der Waals surface area (Å²) in [5.41, 5.74) is 8.91. The van der Waals surface area contributed by atoms with Crippen LogP contribution in [0.1, 0.15) is 5.56 Å². The van der Waals surface area contributed by atoms with Crippen molar-refractivity contribution in [3.63, 3.8) is 0 Å². The molecule has 0 fully saturated rings. The van der Waals surface area contributed by atoms with Crippen LogP contribution in [0.2, 0.25) is 0 Å². The van der Waals surface area contributed by atoms with Crippen LogP contribution in [-0.2, 0) is 6.54 Å². The minimum Gasteiger partial charge on any atom is -0.456 e. The highest BCUT2D eigenvalue weighted by Gasteiger charge is 2.01. The third-order valence-electron chi connectivity index (χ3n) is 3.20. The van der Waals surface area contributed by atoms with E-state index in [4.69, 9.17) is 10.5 Å². The molecule has 104 valence electrons. The number of hydrogen-bond donors (Lipinski definition) is 1. The summed E-state index contributed by atoms with van der Waals surface area (Å²) in [5.74, 6) is 1.48. The first-order chi connectivity index (χ1) is 10.3. The Balaban J connectivity index is 1.78. The zero-order chi connectivity index (χ0) is 14.5. The summed E-state index contributed by atoms with van der Waals surface area (Å²) in [6.45, 7) is 0.456. The predicted octanol–water partition coefficient (Wildman–Crippen LogP) is 4.00. The highest BCUT2D eigenvalue weighted by molar-refractivity contribution is 5.64. The molecule has 0 aliphatic heterocycles. The molecule has 1 heterocycles. The van der Waals surface area contributed by atoms with Gasteiger partial charge in [0.05, 0.1) is 6.20 Å². The number of pyridine rings is 1. The van der Waals surface area contributed by atoms with Crippen molar-refractivity contribution in [1.82, 2.24) is 4.98 Å². The van der Waals surface area contributed by atoms with Crippen LogP contribution < -0.4 is 10.5 Å². The summed E-state index contributed by atoms with van der Waals surface area (Å²) in [6.07, 6.45) is 3.43. The highest BCUT2D eigenvalue weighted by atomic mass is 16.5. The van der Waals surface area contributed by atoms with E-state index in [9.17, 15) is 0 Å². The first kappa shape index (κ1) is 13.3. The smallest absolute Gasteiger partial charge is 0.146 e. The van der Waals surface area contributed by atoms with Crippen molar-refractivity contribution in [2.75, 3.05) is 0 Å². The Morgan fingerprint density at radius 2 is 1.52 bits per heavy atom. The van der Waals surface area contributed by atoms with Gasteiger partial charge in [0, 0.05) is 12.7 Å². The van der Waals surface area contributed by atoms with Crippen LogP contribution in [0, 0.1) is 0 Å². The van der Waals surface area contributed by atoms with Gasteiger partial charge < -0.3 is 10.5 Å². The summed E-state index contributed by atoms with van der Waals surface area (Å²) in [5, 5.41) is 0. The molecule has 1 aromatic heterocycles. The Labute approximate surface area is 124 Å². The molecule has 0 atom stereocenters. The molecule has 0 unspecified atom stereocenters. The van der Waals surface area contributed by atoms with E-state index in [0.717, 1.165) is 16.9 Å². The minimum absolute atomic E-state index is 0.456. The van der Waals surface area contributed by atoms with Gasteiger partial charge in [-0.25, -0.2) is 0 Å². The lowest BCUT2D eigenvalue weighted by Crippen LogP contribution is -1.97. The molecule has 3 heteroatoms. The summed E-state index contributed by atoms with van der Waals surface area (Å²) in [7, 11) is 0. The number of ether oxygens (including phenoxy) is 1. The summed E-state index contributed by atoms with van der Waals surface area (Å²) >= 11 is 0. The van der Waals surface area contributed by atoms with E-state index in [-0.39, 0.29) is 0 Å². The maximum Gasteiger partial charge on any atom is 0.146 e. The molecule has 21 heavy (non-hydrogen) atoms. The Hall–Kier alpha value is -2.65. The predicted molar refractivity (Wildman–Crippen MR) is 84.1 cm³/mol. The van der Waals surface area contributed by atoms with Crippen LogP contribution in [0.5, 0.6) is 11.5 Å². The van der Waals surface area contributed by atoms with Crippen molar-refractivity contribution in [2.45, 2.75) is 6.54 Å². The summed E-state index contributed by atoms with van der Waals surface area (Å²) in [6, 6.07) is 20.2. The van der Waals surface area contributed by atoms with Crippen LogP contribution in [0.15, 0.2) is 73.1 Å². The van der Waals surface area contributed by atoms with Crippen molar-refractivity contribution in [2.24, 2.45) is 5.73 Å². The quantitative estimate of drug-likeness (QED) is 0.783. The second kappa shape index (κ2) is 6.20. The standard InChI is InChI=1S/C18H16N2O/c19-11-14-10-18(13-20-12-14)21-17-8-6-16(7-9-17)15-4-2-1-3-5-15/h1-10,12-13H,11,19H2. The molecule has 0 spiro atoms. The van der Waals surface area contributed by atoms with E-state index in [1.165, 1.54) is 5.56 Å². The Morgan fingerprint density at radius 1 is 0.810 bits per heavy atom. The largest absolute Gasteiger partial charge is 0.456 e.